The molecule has 0 unspecified atom stereocenters. The zero-order valence-corrected chi connectivity index (χ0v) is 44.4. The van der Waals surface area contributed by atoms with Gasteiger partial charge in [0, 0.05) is 43.6 Å². The molecule has 0 fully saturated rings. The molecule has 0 aromatic heterocycles. The first-order chi connectivity index (χ1) is 37.6. The van der Waals surface area contributed by atoms with Crippen molar-refractivity contribution in [2.45, 2.75) is 118 Å². The summed E-state index contributed by atoms with van der Waals surface area (Å²) < 4.78 is 11.4. The number of hydrogen-bond donors (Lipinski definition) is 8. The van der Waals surface area contributed by atoms with Crippen molar-refractivity contribution in [2.75, 3.05) is 14.2 Å². The van der Waals surface area contributed by atoms with E-state index in [4.69, 9.17) is 9.47 Å². The highest BCUT2D eigenvalue weighted by atomic mass is 16.5. The van der Waals surface area contributed by atoms with Gasteiger partial charge in [-0.1, -0.05) is 62.8 Å². The molecule has 0 amide bonds. The fourth-order valence-electron chi connectivity index (χ4n) is 13.5. The fraction of sp³-hybridized carbons (Fsp3) is 0.312. The van der Waals surface area contributed by atoms with Gasteiger partial charge in [0.15, 0.2) is 44.7 Å². The quantitative estimate of drug-likeness (QED) is 0.0287. The van der Waals surface area contributed by atoms with Crippen LogP contribution in [0.1, 0.15) is 122 Å². The molecule has 8 N–H and O–H groups in total. The zero-order chi connectivity index (χ0) is 55.5. The Morgan fingerprint density at radius 2 is 0.744 bits per heavy atom. The number of ether oxygens (including phenoxy) is 2. The van der Waals surface area contributed by atoms with Crippen molar-refractivity contribution < 1.29 is 50.3 Å². The summed E-state index contributed by atoms with van der Waals surface area (Å²) in [5, 5.41) is 94.7. The standard InChI is InChI=1S/2C32H30O7/c2*1-4-5-6-7-17-18-8-14(2)9-19-25-24(18)28-22(15(12-33)10-20(35)26(28)30(17)37)23-16(13-34)11-21(36)27(29(23)25)31(38)32(19)39-3/h9-11,33-34,37-38H,4-8,12-13H2,1-3H3;8,10-11,33-34,37-38H,4-7,9,12-13H2,1-3H3. The van der Waals surface area contributed by atoms with Crippen LogP contribution < -0.4 is 31.2 Å². The average molecular weight is 1050 g/mol. The van der Waals surface area contributed by atoms with Gasteiger partial charge in [-0.15, -0.1) is 0 Å². The first-order valence-electron chi connectivity index (χ1n) is 26.6. The molecule has 10 aromatic carbocycles. The molecule has 0 saturated carbocycles. The lowest BCUT2D eigenvalue weighted by atomic mass is 9.80. The second-order valence-electron chi connectivity index (χ2n) is 21.2. The molecular formula is C64H60O14. The number of fused-ring (bicyclic) bond motifs is 2. The van der Waals surface area contributed by atoms with E-state index in [1.807, 2.05) is 26.0 Å². The van der Waals surface area contributed by atoms with Crippen LogP contribution in [0, 0.1) is 0 Å². The number of aliphatic hydroxyl groups excluding tert-OH is 4. The average Bonchev–Trinajstić information content (AvgIpc) is 3.67. The maximum Gasteiger partial charge on any atom is 0.190 e. The molecule has 0 radical (unpaired) electrons. The van der Waals surface area contributed by atoms with Gasteiger partial charge < -0.3 is 50.3 Å². The molecule has 14 nitrogen and oxygen atoms in total. The van der Waals surface area contributed by atoms with E-state index < -0.39 is 48.1 Å². The Morgan fingerprint density at radius 3 is 1.17 bits per heavy atom. The Labute approximate surface area is 446 Å². The summed E-state index contributed by atoms with van der Waals surface area (Å²) in [6.07, 6.45) is 11.5. The van der Waals surface area contributed by atoms with Crippen LogP contribution in [0.5, 0.6) is 34.5 Å². The fourth-order valence-corrected chi connectivity index (χ4v) is 13.5. The van der Waals surface area contributed by atoms with Crippen LogP contribution in [0.15, 0.2) is 54.6 Å². The number of benzene rings is 10. The third-order valence-corrected chi connectivity index (χ3v) is 16.6. The molecule has 12 rings (SSSR count). The summed E-state index contributed by atoms with van der Waals surface area (Å²) in [5.74, 6) is -0.339. The molecule has 0 bridgehead atoms. The second-order valence-corrected chi connectivity index (χ2v) is 21.2. The number of hydrogen-bond acceptors (Lipinski definition) is 14. The van der Waals surface area contributed by atoms with Crippen molar-refractivity contribution >= 4 is 98.3 Å². The molecule has 78 heavy (non-hydrogen) atoms. The van der Waals surface area contributed by atoms with E-state index in [1.165, 1.54) is 38.5 Å². The van der Waals surface area contributed by atoms with Crippen LogP contribution in [-0.2, 0) is 52.1 Å². The number of rotatable bonds is 14. The Bertz CT molecular complexity index is 4520. The Morgan fingerprint density at radius 1 is 0.397 bits per heavy atom. The molecule has 0 atom stereocenters. The van der Waals surface area contributed by atoms with E-state index in [0.29, 0.717) is 135 Å². The first kappa shape index (κ1) is 52.2. The normalized spacial score (nSPS) is 13.3. The van der Waals surface area contributed by atoms with Crippen molar-refractivity contribution in [1.82, 2.24) is 0 Å². The van der Waals surface area contributed by atoms with Crippen LogP contribution in [0.4, 0.5) is 0 Å². The lowest BCUT2D eigenvalue weighted by Gasteiger charge is -2.24. The number of phenolic OH excluding ortho intramolecular Hbond substituents is 4. The van der Waals surface area contributed by atoms with Gasteiger partial charge >= 0.3 is 0 Å². The highest BCUT2D eigenvalue weighted by Gasteiger charge is 2.35. The molecule has 0 spiro atoms. The van der Waals surface area contributed by atoms with Gasteiger partial charge in [0.25, 0.3) is 0 Å². The molecule has 14 heteroatoms. The van der Waals surface area contributed by atoms with E-state index in [1.54, 1.807) is 0 Å². The summed E-state index contributed by atoms with van der Waals surface area (Å²) in [6.45, 7) is 6.28. The molecular weight excluding hydrogens is 993 g/mol. The first-order valence-corrected chi connectivity index (χ1v) is 26.6. The summed E-state index contributed by atoms with van der Waals surface area (Å²) >= 11 is 0. The van der Waals surface area contributed by atoms with Crippen LogP contribution in [0.25, 0.3) is 98.3 Å². The SMILES string of the molecule is CCCCCc1c(O)c2c(=O)cc(CO)c3c4c(CO)cc(=O)c5c(O)c(OC)c6c(c(c1C=C(C)C6)c23)c54.CCCCCc1c(O)c2c(=O)cc(CO)c3c4c(CO)cc(=O)c5c(O)c(OC)c6c(c(c1CC(C)=C6)c23)c54. The summed E-state index contributed by atoms with van der Waals surface area (Å²) in [4.78, 5) is 54.0. The minimum Gasteiger partial charge on any atom is -0.507 e. The predicted molar refractivity (Wildman–Crippen MR) is 307 cm³/mol. The van der Waals surface area contributed by atoms with Crippen LogP contribution in [0.2, 0.25) is 0 Å². The van der Waals surface area contributed by atoms with Crippen molar-refractivity contribution in [3.8, 4) is 34.5 Å². The monoisotopic (exact) mass is 1050 g/mol. The van der Waals surface area contributed by atoms with Crippen molar-refractivity contribution in [2.24, 2.45) is 0 Å². The van der Waals surface area contributed by atoms with E-state index in [2.05, 4.69) is 13.8 Å². The molecule has 2 aliphatic carbocycles. The van der Waals surface area contributed by atoms with Crippen LogP contribution in [-0.4, -0.2) is 55.1 Å². The Balaban J connectivity index is 0.000000165. The van der Waals surface area contributed by atoms with Gasteiger partial charge in [0.2, 0.25) is 0 Å². The maximum atomic E-state index is 13.6. The van der Waals surface area contributed by atoms with E-state index in [0.717, 1.165) is 60.8 Å². The van der Waals surface area contributed by atoms with E-state index in [-0.39, 0.29) is 56.0 Å². The predicted octanol–water partition coefficient (Wildman–Crippen LogP) is 9.98. The van der Waals surface area contributed by atoms with Crippen molar-refractivity contribution in [1.29, 1.82) is 0 Å². The zero-order valence-electron chi connectivity index (χ0n) is 44.4. The number of aliphatic hydroxyl groups is 4. The lowest BCUT2D eigenvalue weighted by Crippen LogP contribution is -2.11. The van der Waals surface area contributed by atoms with Gasteiger partial charge in [0.05, 0.1) is 62.2 Å². The summed E-state index contributed by atoms with van der Waals surface area (Å²) in [6, 6.07) is 5.22. The van der Waals surface area contributed by atoms with Gasteiger partial charge in [-0.25, -0.2) is 0 Å². The summed E-state index contributed by atoms with van der Waals surface area (Å²) in [5.41, 5.74) is 5.73. The molecule has 0 aliphatic heterocycles. The van der Waals surface area contributed by atoms with Crippen molar-refractivity contribution in [3.63, 3.8) is 0 Å². The molecule has 10 aromatic rings. The largest absolute Gasteiger partial charge is 0.507 e. The maximum absolute atomic E-state index is 13.6. The van der Waals surface area contributed by atoms with Gasteiger partial charge in [-0.05, 0) is 153 Å². The third kappa shape index (κ3) is 7.22. The van der Waals surface area contributed by atoms with Gasteiger partial charge in [-0.3, -0.25) is 19.2 Å². The second kappa shape index (κ2) is 19.5. The minimum absolute atomic E-state index is 0.0525. The lowest BCUT2D eigenvalue weighted by molar-refractivity contribution is 0.282. The van der Waals surface area contributed by atoms with Crippen LogP contribution >= 0.6 is 0 Å². The number of unbranched alkanes of at least 4 members (excludes halogenated alkanes) is 4. The van der Waals surface area contributed by atoms with Gasteiger partial charge in [0.1, 0.15) is 11.5 Å². The molecule has 0 saturated heterocycles. The summed E-state index contributed by atoms with van der Waals surface area (Å²) in [7, 11) is 2.88. The number of methoxy groups -OCH3 is 2. The number of phenols is 4. The molecule has 400 valence electrons. The topological polar surface area (TPSA) is 249 Å². The number of aromatic hydroxyl groups is 4. The molecule has 0 heterocycles. The molecule has 2 aliphatic rings. The van der Waals surface area contributed by atoms with Crippen molar-refractivity contribution in [3.05, 3.63) is 132 Å². The highest BCUT2D eigenvalue weighted by Crippen LogP contribution is 2.56. The smallest absolute Gasteiger partial charge is 0.190 e. The van der Waals surface area contributed by atoms with Crippen LogP contribution in [0.3, 0.4) is 0 Å². The Kier molecular flexibility index (Phi) is 13.1. The third-order valence-electron chi connectivity index (χ3n) is 16.6. The van der Waals surface area contributed by atoms with E-state index >= 15 is 0 Å². The highest BCUT2D eigenvalue weighted by molar-refractivity contribution is 6.39. The van der Waals surface area contributed by atoms with Gasteiger partial charge in [-0.2, -0.15) is 0 Å². The number of allylic oxidation sites excluding steroid dienone is 2. The van der Waals surface area contributed by atoms with E-state index in [9.17, 15) is 60.0 Å². The minimum atomic E-state index is -0.467. The Hall–Kier alpha value is -7.88.